The first-order valence-corrected chi connectivity index (χ1v) is 11.0. The van der Waals surface area contributed by atoms with E-state index >= 15 is 0 Å². The lowest BCUT2D eigenvalue weighted by Gasteiger charge is -2.39. The Labute approximate surface area is 162 Å². The number of Topliss-reactive ketones (excluding diaryl/α,β-unsaturated/α-hetero) is 1. The molecule has 1 N–H and O–H groups in total. The summed E-state index contributed by atoms with van der Waals surface area (Å²) in [7, 11) is 1.41. The molecule has 1 saturated heterocycles. The van der Waals surface area contributed by atoms with Crippen molar-refractivity contribution >= 4 is 23.5 Å². The molecule has 148 valence electrons. The maximum Gasteiger partial charge on any atom is 0.305 e. The van der Waals surface area contributed by atoms with Crippen molar-refractivity contribution in [2.24, 2.45) is 11.8 Å². The molecule has 0 aromatic heterocycles. The van der Waals surface area contributed by atoms with Gasteiger partial charge >= 0.3 is 5.97 Å². The van der Waals surface area contributed by atoms with Gasteiger partial charge in [0.15, 0.2) is 0 Å². The van der Waals surface area contributed by atoms with E-state index in [4.69, 9.17) is 0 Å². The van der Waals surface area contributed by atoms with Crippen molar-refractivity contribution in [3.63, 3.8) is 0 Å². The van der Waals surface area contributed by atoms with Crippen molar-refractivity contribution in [3.8, 4) is 0 Å². The van der Waals surface area contributed by atoms with Crippen LogP contribution in [-0.4, -0.2) is 34.2 Å². The second-order valence-corrected chi connectivity index (χ2v) is 9.32. The highest BCUT2D eigenvalue weighted by Crippen LogP contribution is 2.52. The molecular formula is C21H34O4S. The Morgan fingerprint density at radius 3 is 2.88 bits per heavy atom. The number of methoxy groups -OCH3 is 1. The Balaban J connectivity index is 1.77. The maximum absolute atomic E-state index is 12.5. The number of unbranched alkanes of at least 4 members (excludes halogenated alkanes) is 3. The van der Waals surface area contributed by atoms with Gasteiger partial charge in [0, 0.05) is 24.0 Å². The molecule has 26 heavy (non-hydrogen) atoms. The molecule has 1 saturated carbocycles. The Hall–Kier alpha value is -0.810. The zero-order chi connectivity index (χ0) is 19.0. The molecule has 1 heterocycles. The number of allylic oxidation sites excluding steroid dienone is 2. The Bertz CT molecular complexity index is 504. The lowest BCUT2D eigenvalue weighted by atomic mass is 9.86. The summed E-state index contributed by atoms with van der Waals surface area (Å²) in [5, 5.41) is 11.1. The molecule has 4 nitrogen and oxygen atoms in total. The van der Waals surface area contributed by atoms with Crippen molar-refractivity contribution < 1.29 is 19.4 Å². The number of carbonyl (C=O) groups is 2. The number of esters is 1. The molecule has 1 aliphatic carbocycles. The Kier molecular flexibility index (Phi) is 8.68. The van der Waals surface area contributed by atoms with Crippen LogP contribution in [0.2, 0.25) is 0 Å². The molecule has 0 spiro atoms. The number of rotatable bonds is 10. The summed E-state index contributed by atoms with van der Waals surface area (Å²) < 4.78 is 4.63. The van der Waals surface area contributed by atoms with Gasteiger partial charge in [-0.25, -0.2) is 0 Å². The van der Waals surface area contributed by atoms with Crippen LogP contribution < -0.4 is 0 Å². The number of ketones is 1. The average Bonchev–Trinajstić information content (AvgIpc) is 2.91. The van der Waals surface area contributed by atoms with Gasteiger partial charge < -0.3 is 9.84 Å². The first kappa shape index (κ1) is 21.5. The van der Waals surface area contributed by atoms with E-state index < -0.39 is 4.93 Å². The summed E-state index contributed by atoms with van der Waals surface area (Å²) in [5.74, 6) is 0.727. The quantitative estimate of drug-likeness (QED) is 0.339. The van der Waals surface area contributed by atoms with Gasteiger partial charge in [0.1, 0.15) is 10.7 Å². The predicted octanol–water partition coefficient (Wildman–Crippen LogP) is 4.65. The highest BCUT2D eigenvalue weighted by Gasteiger charge is 2.49. The SMILES string of the molecule is CCCCCC1(O)CC[C@H]2C(CC(=O)[C@@H]2CC=CCCCC(=O)OC)S1. The second-order valence-electron chi connectivity index (χ2n) is 7.71. The fraction of sp³-hybridized carbons (Fsp3) is 0.810. The van der Waals surface area contributed by atoms with Gasteiger partial charge in [0.2, 0.25) is 0 Å². The van der Waals surface area contributed by atoms with Crippen LogP contribution >= 0.6 is 11.8 Å². The Morgan fingerprint density at radius 1 is 1.35 bits per heavy atom. The highest BCUT2D eigenvalue weighted by molar-refractivity contribution is 8.01. The minimum atomic E-state index is -0.616. The lowest BCUT2D eigenvalue weighted by molar-refractivity contribution is -0.140. The molecule has 5 heteroatoms. The third-order valence-electron chi connectivity index (χ3n) is 5.76. The van der Waals surface area contributed by atoms with Crippen LogP contribution in [0.15, 0.2) is 12.2 Å². The van der Waals surface area contributed by atoms with Gasteiger partial charge in [-0.05, 0) is 50.9 Å². The van der Waals surface area contributed by atoms with Gasteiger partial charge in [-0.15, -0.1) is 11.8 Å². The standard InChI is InChI=1S/C21H34O4S/c1-3-4-9-13-21(24)14-12-17-16(18(22)15-19(17)26-21)10-7-5-6-8-11-20(23)25-2/h5,7,16-17,19,24H,3-4,6,8-15H2,1-2H3/t16-,17-,19?,21?/m1/s1. The minimum Gasteiger partial charge on any atom is -0.469 e. The summed E-state index contributed by atoms with van der Waals surface area (Å²) in [5.41, 5.74) is 0. The van der Waals surface area contributed by atoms with Crippen LogP contribution in [0.3, 0.4) is 0 Å². The van der Waals surface area contributed by atoms with Crippen molar-refractivity contribution in [1.82, 2.24) is 0 Å². The minimum absolute atomic E-state index is 0.115. The van der Waals surface area contributed by atoms with Gasteiger partial charge in [0.25, 0.3) is 0 Å². The van der Waals surface area contributed by atoms with Gasteiger partial charge in [-0.1, -0.05) is 31.9 Å². The number of carbonyl (C=O) groups excluding carboxylic acids is 2. The largest absolute Gasteiger partial charge is 0.469 e. The topological polar surface area (TPSA) is 63.6 Å². The van der Waals surface area contributed by atoms with Crippen LogP contribution in [0.4, 0.5) is 0 Å². The van der Waals surface area contributed by atoms with Crippen LogP contribution in [0.5, 0.6) is 0 Å². The van der Waals surface area contributed by atoms with Crippen molar-refractivity contribution in [3.05, 3.63) is 12.2 Å². The van der Waals surface area contributed by atoms with E-state index in [9.17, 15) is 14.7 Å². The van der Waals surface area contributed by atoms with Gasteiger partial charge in [-0.2, -0.15) is 0 Å². The van der Waals surface area contributed by atoms with Crippen LogP contribution in [0, 0.1) is 11.8 Å². The monoisotopic (exact) mass is 382 g/mol. The molecule has 2 rings (SSSR count). The Morgan fingerprint density at radius 2 is 2.15 bits per heavy atom. The maximum atomic E-state index is 12.5. The lowest BCUT2D eigenvalue weighted by Crippen LogP contribution is -2.36. The van der Waals surface area contributed by atoms with E-state index in [1.54, 1.807) is 11.8 Å². The zero-order valence-corrected chi connectivity index (χ0v) is 17.1. The van der Waals surface area contributed by atoms with Gasteiger partial charge in [-0.3, -0.25) is 9.59 Å². The predicted molar refractivity (Wildman–Crippen MR) is 106 cm³/mol. The number of thioether (sulfide) groups is 1. The van der Waals surface area contributed by atoms with Crippen molar-refractivity contribution in [2.45, 2.75) is 87.7 Å². The number of hydrogen-bond donors (Lipinski definition) is 1. The molecular weight excluding hydrogens is 348 g/mol. The average molecular weight is 383 g/mol. The number of fused-ring (bicyclic) bond motifs is 1. The van der Waals surface area contributed by atoms with Crippen LogP contribution in [-0.2, 0) is 14.3 Å². The van der Waals surface area contributed by atoms with E-state index in [0.29, 0.717) is 29.8 Å². The van der Waals surface area contributed by atoms with Crippen molar-refractivity contribution in [2.75, 3.05) is 7.11 Å². The summed E-state index contributed by atoms with van der Waals surface area (Å²) in [6, 6.07) is 0. The van der Waals surface area contributed by atoms with Crippen LogP contribution in [0.25, 0.3) is 0 Å². The molecule has 0 bridgehead atoms. The molecule has 1 aliphatic heterocycles. The molecule has 0 aromatic rings. The van der Waals surface area contributed by atoms with E-state index in [1.165, 1.54) is 20.0 Å². The number of ether oxygens (including phenoxy) is 1. The summed E-state index contributed by atoms with van der Waals surface area (Å²) >= 11 is 1.67. The normalized spacial score (nSPS) is 31.3. The van der Waals surface area contributed by atoms with E-state index in [2.05, 4.69) is 23.8 Å². The number of hydrogen-bond acceptors (Lipinski definition) is 5. The highest BCUT2D eigenvalue weighted by atomic mass is 32.2. The first-order valence-electron chi connectivity index (χ1n) is 10.1. The molecule has 0 radical (unpaired) electrons. The fourth-order valence-corrected chi connectivity index (χ4v) is 6.03. The molecule has 2 fully saturated rings. The smallest absolute Gasteiger partial charge is 0.305 e. The van der Waals surface area contributed by atoms with E-state index in [0.717, 1.165) is 44.9 Å². The summed E-state index contributed by atoms with van der Waals surface area (Å²) in [6.45, 7) is 2.18. The molecule has 2 unspecified atom stereocenters. The molecule has 0 aromatic carbocycles. The van der Waals surface area contributed by atoms with E-state index in [1.807, 2.05) is 0 Å². The fourth-order valence-electron chi connectivity index (χ4n) is 4.22. The van der Waals surface area contributed by atoms with Crippen LogP contribution in [0.1, 0.15) is 77.6 Å². The third-order valence-corrected chi connectivity index (χ3v) is 7.42. The summed E-state index contributed by atoms with van der Waals surface area (Å²) in [6.07, 6.45) is 13.7. The molecule has 0 amide bonds. The van der Waals surface area contributed by atoms with Gasteiger partial charge in [0.05, 0.1) is 7.11 Å². The third kappa shape index (κ3) is 6.12. The zero-order valence-electron chi connectivity index (χ0n) is 16.2. The first-order chi connectivity index (χ1) is 12.5. The summed E-state index contributed by atoms with van der Waals surface area (Å²) in [4.78, 5) is 22.9. The van der Waals surface area contributed by atoms with E-state index in [-0.39, 0.29) is 11.9 Å². The molecule has 4 atom stereocenters. The molecule has 2 aliphatic rings. The van der Waals surface area contributed by atoms with Crippen molar-refractivity contribution in [1.29, 1.82) is 0 Å². The second kappa shape index (κ2) is 10.5. The number of aliphatic hydroxyl groups is 1.